The van der Waals surface area contributed by atoms with Gasteiger partial charge in [0.25, 0.3) is 0 Å². The number of fused-ring (bicyclic) bond motifs is 5. The van der Waals surface area contributed by atoms with Gasteiger partial charge in [-0.15, -0.1) is 54.6 Å². The smallest absolute Gasteiger partial charge is 0.142 e. The van der Waals surface area contributed by atoms with Crippen molar-refractivity contribution in [2.45, 2.75) is 0 Å². The van der Waals surface area contributed by atoms with Crippen LogP contribution in [0.4, 0.5) is 17.1 Å². The molecule has 0 unspecified atom stereocenters. The lowest BCUT2D eigenvalue weighted by atomic mass is 9.57. The first-order valence-electron chi connectivity index (χ1n) is 32.9. The molecule has 0 N–H and O–H groups in total. The van der Waals surface area contributed by atoms with Gasteiger partial charge in [0.1, 0.15) is 243 Å². The number of benzene rings is 10. The molecule has 0 bridgehead atoms. The number of hydrogen-bond donors (Lipinski definition) is 0. The van der Waals surface area contributed by atoms with Gasteiger partial charge in [-0.3, -0.25) is 0 Å². The number of nitrogens with zero attached hydrogens (tertiary/aromatic N) is 2. The molecule has 33 heteroatoms. The van der Waals surface area contributed by atoms with Crippen LogP contribution in [0.1, 0.15) is 0 Å². The van der Waals surface area contributed by atoms with E-state index in [1.165, 1.54) is 269 Å². The minimum atomic E-state index is 1.20. The molecule has 2 nitrogen and oxygen atoms in total. The lowest BCUT2D eigenvalue weighted by molar-refractivity contribution is 1.20. The van der Waals surface area contributed by atoms with Crippen LogP contribution in [0.25, 0.3) is 82.4 Å². The van der Waals surface area contributed by atoms with Crippen molar-refractivity contribution in [1.29, 1.82) is 0 Å². The average molecular weight is 1110 g/mol. The molecule has 11 rings (SSSR count). The highest BCUT2D eigenvalue weighted by atomic mass is 15.2. The molecule has 0 aliphatic rings. The third kappa shape index (κ3) is 9.35. The molecule has 0 atom stereocenters. The fraction of sp³-hybridized carbons (Fsp3) is 0. The van der Waals surface area contributed by atoms with E-state index in [1.807, 2.05) is 0 Å². The van der Waals surface area contributed by atoms with E-state index in [4.69, 9.17) is 0 Å². The summed E-state index contributed by atoms with van der Waals surface area (Å²) >= 11 is 0. The van der Waals surface area contributed by atoms with Crippen molar-refractivity contribution in [1.82, 2.24) is 4.57 Å². The van der Waals surface area contributed by atoms with E-state index in [0.29, 0.717) is 0 Å². The van der Waals surface area contributed by atoms with Gasteiger partial charge in [-0.2, -0.15) is 0 Å². The predicted molar refractivity (Wildman–Crippen MR) is 500 cm³/mol. The van der Waals surface area contributed by atoms with Crippen molar-refractivity contribution < 1.29 is 0 Å². The zero-order chi connectivity index (χ0) is 65.4. The van der Waals surface area contributed by atoms with Gasteiger partial charge in [-0.05, 0) is 85.3 Å². The Labute approximate surface area is 559 Å². The molecule has 0 fully saturated rings. The molecule has 1 heterocycles. The molecule has 0 radical (unpaired) electrons. The quantitative estimate of drug-likeness (QED) is 0.144. The SMILES string of the molecule is Bc1cc(-c2c(B)c(-c3c(B)c(B)c(B)c(B)c3B)cc3c2c2c(B)c(B)c(N(c4cc(B)c(-c5c(B)c(B)c(B)c(B)c5B)c(B)c4B)c4cc5c(B)c(B)cc(B)c5c(B)c4B)cc2n3-c2cc(B)c3c(B)c(B)c(B)c(B)c3c2B)c(B)c(B)c1B. The molecule has 1 aromatic heterocycles. The maximum absolute atomic E-state index is 2.74. The summed E-state index contributed by atoms with van der Waals surface area (Å²) in [6.07, 6.45) is 0. The summed E-state index contributed by atoms with van der Waals surface area (Å²) in [7, 11) is 73.0. The lowest BCUT2D eigenvalue weighted by Crippen LogP contribution is -2.56. The Bertz CT molecular complexity index is 5050. The largest absolute Gasteiger partial charge is 0.312 e. The van der Waals surface area contributed by atoms with Crippen molar-refractivity contribution >= 4 is 473 Å². The first-order chi connectivity index (χ1) is 41.6. The predicted octanol–water partition coefficient (Wildman–Crippen LogP) is -38.4. The summed E-state index contributed by atoms with van der Waals surface area (Å²) in [5.41, 5.74) is 57.2. The second-order valence-corrected chi connectivity index (χ2v) is 28.3. The normalized spacial score (nSPS) is 11.6. The zero-order valence-electron chi connectivity index (χ0n) is 60.4. The Hall–Kier alpha value is -5.67. The van der Waals surface area contributed by atoms with Gasteiger partial charge in [0.2, 0.25) is 0 Å². The molecule has 396 valence electrons. The fourth-order valence-corrected chi connectivity index (χ4v) is 16.8. The first kappa shape index (κ1) is 64.8. The van der Waals surface area contributed by atoms with Gasteiger partial charge >= 0.3 is 0 Å². The Morgan fingerprint density at radius 2 is 0.596 bits per heavy atom. The van der Waals surface area contributed by atoms with Crippen LogP contribution in [0.5, 0.6) is 0 Å². The molecule has 0 saturated carbocycles. The summed E-state index contributed by atoms with van der Waals surface area (Å²) in [6, 6.07) is 17.8. The number of rotatable bonds is 7. The summed E-state index contributed by atoms with van der Waals surface area (Å²) in [5.74, 6) is 0. The average Bonchev–Trinajstić information content (AvgIpc) is 1.60. The Kier molecular flexibility index (Phi) is 16.7. The maximum Gasteiger partial charge on any atom is 0.142 e. The van der Waals surface area contributed by atoms with E-state index in [9.17, 15) is 0 Å². The van der Waals surface area contributed by atoms with Crippen molar-refractivity contribution in [3.63, 3.8) is 0 Å². The van der Waals surface area contributed by atoms with Gasteiger partial charge in [0, 0.05) is 33.5 Å². The van der Waals surface area contributed by atoms with Gasteiger partial charge in [-0.25, -0.2) is 0 Å². The van der Waals surface area contributed by atoms with Gasteiger partial charge in [-0.1, -0.05) is 127 Å². The minimum Gasteiger partial charge on any atom is -0.312 e. The van der Waals surface area contributed by atoms with E-state index in [2.05, 4.69) is 295 Å². The molecule has 0 aliphatic heterocycles. The van der Waals surface area contributed by atoms with Crippen LogP contribution in [0.2, 0.25) is 0 Å². The van der Waals surface area contributed by atoms with Crippen LogP contribution >= 0.6 is 0 Å². The van der Waals surface area contributed by atoms with Gasteiger partial charge in [0.05, 0.1) is 11.0 Å². The van der Waals surface area contributed by atoms with Crippen LogP contribution in [0.15, 0.2) is 42.5 Å². The Morgan fingerprint density at radius 1 is 0.202 bits per heavy atom. The third-order valence-corrected chi connectivity index (χ3v) is 24.3. The second-order valence-electron chi connectivity index (χ2n) is 28.3. The van der Waals surface area contributed by atoms with Crippen molar-refractivity contribution in [3.8, 4) is 39.1 Å². The molecule has 11 aromatic rings. The third-order valence-electron chi connectivity index (χ3n) is 24.3. The van der Waals surface area contributed by atoms with Crippen molar-refractivity contribution in [3.05, 3.63) is 42.5 Å². The highest BCUT2D eigenvalue weighted by Crippen LogP contribution is 2.41. The topological polar surface area (TPSA) is 8.17 Å². The fourth-order valence-electron chi connectivity index (χ4n) is 16.8. The van der Waals surface area contributed by atoms with E-state index in [-0.39, 0.29) is 0 Å². The molecule has 0 spiro atoms. The minimum absolute atomic E-state index is 1.20. The van der Waals surface area contributed by atoms with Crippen molar-refractivity contribution in [2.75, 3.05) is 4.90 Å². The lowest BCUT2D eigenvalue weighted by Gasteiger charge is -2.35. The van der Waals surface area contributed by atoms with Gasteiger partial charge < -0.3 is 9.47 Å². The highest BCUT2D eigenvalue weighted by Gasteiger charge is 2.31. The highest BCUT2D eigenvalue weighted by molar-refractivity contribution is 6.74. The summed E-state index contributed by atoms with van der Waals surface area (Å²) in [5, 5.41) is 8.10. The van der Waals surface area contributed by atoms with Crippen LogP contribution < -0.4 is 174 Å². The molecule has 89 heavy (non-hydrogen) atoms. The number of aromatic nitrogens is 1. The summed E-state index contributed by atoms with van der Waals surface area (Å²) in [6.45, 7) is 0. The van der Waals surface area contributed by atoms with E-state index < -0.39 is 0 Å². The van der Waals surface area contributed by atoms with Gasteiger partial charge in [0.15, 0.2) is 0 Å². The van der Waals surface area contributed by atoms with Crippen molar-refractivity contribution in [2.24, 2.45) is 0 Å². The molecule has 0 amide bonds. The Balaban J connectivity index is 1.42. The molecular weight excluding hydrogens is 1040 g/mol. The Morgan fingerprint density at radius 3 is 1.16 bits per heavy atom. The van der Waals surface area contributed by atoms with E-state index in [1.54, 1.807) is 0 Å². The summed E-state index contributed by atoms with van der Waals surface area (Å²) in [4.78, 5) is 2.71. The van der Waals surface area contributed by atoms with Crippen LogP contribution in [0, 0.1) is 0 Å². The molecular formula is C56H69B31N2. The van der Waals surface area contributed by atoms with Crippen LogP contribution in [0.3, 0.4) is 0 Å². The summed E-state index contributed by atoms with van der Waals surface area (Å²) < 4.78 is 2.74. The molecule has 0 aliphatic carbocycles. The second kappa shape index (κ2) is 22.9. The monoisotopic (exact) mass is 1110 g/mol. The number of hydrogen-bond acceptors (Lipinski definition) is 1. The van der Waals surface area contributed by atoms with E-state index >= 15 is 0 Å². The standard InChI is InChI=1S/C56H69B31N2/c57-11-4-15(61)31(62)9-3-18(36(67)39(70)22(9)11)89(20-6-13(59)26(42(73)37(20)68)30-46(77)53(84)56(87)54(85)47(30)78)21-7-17-28(44(75)38(21)69)27-16(88(17)19-5-12(58)25-29(35(19)66)45(76)52(83)51(82)43(25)74)2-10(24-40(71)49(80)55(86)50(81)41(24)72)32(63)23(27)8-1-14(60)34(65)48(79)33(8)64/h1-7H,57-87H2. The zero-order valence-corrected chi connectivity index (χ0v) is 60.4. The molecule has 0 saturated heterocycles. The van der Waals surface area contributed by atoms with Crippen LogP contribution in [-0.2, 0) is 0 Å². The first-order valence-corrected chi connectivity index (χ1v) is 32.9. The molecule has 10 aromatic carbocycles. The van der Waals surface area contributed by atoms with E-state index in [0.717, 1.165) is 0 Å². The van der Waals surface area contributed by atoms with Crippen LogP contribution in [-0.4, -0.2) is 248 Å². The maximum atomic E-state index is 2.74. The number of anilines is 3.